The van der Waals surface area contributed by atoms with Gasteiger partial charge in [0, 0.05) is 67.3 Å². The van der Waals surface area contributed by atoms with E-state index < -0.39 is 40.2 Å². The molecule has 1 aliphatic heterocycles. The molecule has 0 radical (unpaired) electrons. The summed E-state index contributed by atoms with van der Waals surface area (Å²) in [6, 6.07) is 0. The molecule has 192 valence electrons. The topological polar surface area (TPSA) is 73.8 Å². The molecule has 32 heavy (non-hydrogen) atoms. The maximum Gasteiger partial charge on any atom is 0.497 e. The van der Waals surface area contributed by atoms with E-state index in [0.717, 1.165) is 17.0 Å². The Kier molecular flexibility index (Phi) is 14.8. The van der Waals surface area contributed by atoms with Crippen LogP contribution in [0.25, 0.3) is 0 Å². The molecule has 1 fully saturated rings. The number of hydrogen-bond donors (Lipinski definition) is 0. The fourth-order valence-electron chi connectivity index (χ4n) is 4.86. The summed E-state index contributed by atoms with van der Waals surface area (Å²) < 4.78 is 51.3. The van der Waals surface area contributed by atoms with E-state index in [9.17, 15) is 0 Å². The molecule has 0 saturated carbocycles. The van der Waals surface area contributed by atoms with Gasteiger partial charge in [0.1, 0.15) is 0 Å². The second-order valence-corrected chi connectivity index (χ2v) is 22.1. The highest BCUT2D eigenvalue weighted by Gasteiger charge is 2.70. The average molecular weight is 529 g/mol. The Bertz CT molecular complexity index is 473. The lowest BCUT2D eigenvalue weighted by atomic mass is 10.8. The SMILES string of the molecule is CCO[SiH]1C[SiH](C[Si](OCC)(OCC)OCC)C[Si](OCC)(OCC)C1(OCC)OCC. The lowest BCUT2D eigenvalue weighted by molar-refractivity contribution is -0.160. The molecule has 12 heteroatoms. The number of rotatable bonds is 18. The van der Waals surface area contributed by atoms with E-state index >= 15 is 0 Å². The maximum atomic E-state index is 6.58. The summed E-state index contributed by atoms with van der Waals surface area (Å²) >= 11 is 0. The van der Waals surface area contributed by atoms with Crippen molar-refractivity contribution in [2.24, 2.45) is 0 Å². The van der Waals surface area contributed by atoms with E-state index in [0.29, 0.717) is 52.9 Å². The molecule has 0 aliphatic carbocycles. The Hall–Kier alpha value is 0.548. The van der Waals surface area contributed by atoms with Crippen LogP contribution in [0.1, 0.15) is 55.4 Å². The Morgan fingerprint density at radius 3 is 1.56 bits per heavy atom. The fourth-order valence-corrected chi connectivity index (χ4v) is 34.5. The third-order valence-corrected chi connectivity index (χ3v) is 27.9. The minimum absolute atomic E-state index is 0.535. The quantitative estimate of drug-likeness (QED) is 0.199. The zero-order valence-electron chi connectivity index (χ0n) is 21.7. The molecule has 2 unspecified atom stereocenters. The first-order chi connectivity index (χ1) is 15.4. The third-order valence-electron chi connectivity index (χ3n) is 5.53. The van der Waals surface area contributed by atoms with Crippen molar-refractivity contribution in [2.45, 2.75) is 77.4 Å². The van der Waals surface area contributed by atoms with Gasteiger partial charge in [-0.2, -0.15) is 0 Å². The first-order valence-corrected chi connectivity index (χ1v) is 20.8. The van der Waals surface area contributed by atoms with Crippen molar-refractivity contribution in [3.05, 3.63) is 0 Å². The predicted molar refractivity (Wildman–Crippen MR) is 136 cm³/mol. The molecule has 2 atom stereocenters. The lowest BCUT2D eigenvalue weighted by Crippen LogP contribution is -2.78. The molecule has 1 saturated heterocycles. The minimum atomic E-state index is -2.93. The van der Waals surface area contributed by atoms with E-state index in [2.05, 4.69) is 0 Å². The highest BCUT2D eigenvalue weighted by molar-refractivity contribution is 7.02. The molecule has 0 aromatic carbocycles. The van der Waals surface area contributed by atoms with Crippen molar-refractivity contribution < 1.29 is 36.0 Å². The molecular weight excluding hydrogens is 481 g/mol. The van der Waals surface area contributed by atoms with E-state index in [1.807, 2.05) is 55.4 Å². The number of ether oxygens (including phenoxy) is 2. The molecule has 8 nitrogen and oxygen atoms in total. The van der Waals surface area contributed by atoms with Crippen molar-refractivity contribution >= 4 is 35.2 Å². The smallest absolute Gasteiger partial charge is 0.415 e. The van der Waals surface area contributed by atoms with Crippen LogP contribution >= 0.6 is 0 Å². The van der Waals surface area contributed by atoms with Gasteiger partial charge in [-0.05, 0) is 66.7 Å². The van der Waals surface area contributed by atoms with Crippen molar-refractivity contribution in [3.63, 3.8) is 0 Å². The summed E-state index contributed by atoms with van der Waals surface area (Å²) in [4.78, 5) is 0. The molecule has 0 spiro atoms. The average Bonchev–Trinajstić information content (AvgIpc) is 2.73. The monoisotopic (exact) mass is 528 g/mol. The molecule has 0 amide bonds. The highest BCUT2D eigenvalue weighted by Crippen LogP contribution is 2.43. The Morgan fingerprint density at radius 1 is 0.688 bits per heavy atom. The Labute approximate surface area is 201 Å². The molecule has 0 N–H and O–H groups in total. The summed E-state index contributed by atoms with van der Waals surface area (Å²) in [6.07, 6.45) is 0. The van der Waals surface area contributed by atoms with Crippen molar-refractivity contribution in [1.82, 2.24) is 0 Å². The van der Waals surface area contributed by atoms with Crippen LogP contribution in [-0.2, 0) is 36.0 Å². The van der Waals surface area contributed by atoms with E-state index in [4.69, 9.17) is 36.0 Å². The normalized spacial score (nSPS) is 22.9. The van der Waals surface area contributed by atoms with Gasteiger partial charge in [0.15, 0.2) is 0 Å². The van der Waals surface area contributed by atoms with Crippen molar-refractivity contribution in [3.8, 4) is 0 Å². The molecular formula is C20H48O8Si4. The largest absolute Gasteiger partial charge is 0.497 e. The van der Waals surface area contributed by atoms with Gasteiger partial charge in [-0.25, -0.2) is 0 Å². The first-order valence-electron chi connectivity index (χ1n) is 12.5. The van der Waals surface area contributed by atoms with Crippen molar-refractivity contribution in [2.75, 3.05) is 52.9 Å². The fraction of sp³-hybridized carbons (Fsp3) is 1.00. The second-order valence-electron chi connectivity index (χ2n) is 7.59. The van der Waals surface area contributed by atoms with Crippen LogP contribution in [0, 0.1) is 0 Å². The summed E-state index contributed by atoms with van der Waals surface area (Å²) in [5.74, 6) is 0. The zero-order chi connectivity index (χ0) is 24.1. The molecule has 1 heterocycles. The van der Waals surface area contributed by atoms with Gasteiger partial charge in [-0.1, -0.05) is 0 Å². The van der Waals surface area contributed by atoms with Gasteiger partial charge in [-0.3, -0.25) is 0 Å². The van der Waals surface area contributed by atoms with Crippen LogP contribution < -0.4 is 0 Å². The van der Waals surface area contributed by atoms with Crippen LogP contribution in [0.3, 0.4) is 0 Å². The van der Waals surface area contributed by atoms with E-state index in [-0.39, 0.29) is 0 Å². The van der Waals surface area contributed by atoms with Gasteiger partial charge >= 0.3 is 17.4 Å². The molecule has 0 aromatic rings. The summed E-state index contributed by atoms with van der Waals surface area (Å²) in [5, 5.41) is -0.852. The van der Waals surface area contributed by atoms with Gasteiger partial charge in [0.05, 0.1) is 0 Å². The molecule has 0 aromatic heterocycles. The lowest BCUT2D eigenvalue weighted by Gasteiger charge is -2.53. The van der Waals surface area contributed by atoms with Gasteiger partial charge in [0.2, 0.25) is 14.1 Å². The van der Waals surface area contributed by atoms with Crippen LogP contribution in [-0.4, -0.2) is 93.1 Å². The molecule has 0 bridgehead atoms. The van der Waals surface area contributed by atoms with Crippen LogP contribution in [0.5, 0.6) is 0 Å². The predicted octanol–water partition coefficient (Wildman–Crippen LogP) is 3.02. The van der Waals surface area contributed by atoms with Crippen LogP contribution in [0.4, 0.5) is 0 Å². The molecule has 1 rings (SSSR count). The second kappa shape index (κ2) is 15.5. The van der Waals surface area contributed by atoms with Gasteiger partial charge in [0.25, 0.3) is 0 Å². The Morgan fingerprint density at radius 2 is 1.19 bits per heavy atom. The Balaban J connectivity index is 3.48. The van der Waals surface area contributed by atoms with E-state index in [1.165, 1.54) is 0 Å². The standard InChI is InChI=1S/C20H48O8Si4/c1-9-21-20(22-10-2)30(23-11-3)17-29(18-31(20,24-12-4)25-13-5)19-32(26-14-6,27-15-7)28-16-8/h29-30H,9-19H2,1-8H3. The number of hydrogen-bond acceptors (Lipinski definition) is 8. The minimum Gasteiger partial charge on any atom is -0.415 e. The first kappa shape index (κ1) is 30.6. The third kappa shape index (κ3) is 7.27. The van der Waals surface area contributed by atoms with Gasteiger partial charge < -0.3 is 36.0 Å². The summed E-state index contributed by atoms with van der Waals surface area (Å²) in [7, 11) is -9.20. The maximum absolute atomic E-state index is 6.58. The van der Waals surface area contributed by atoms with Crippen molar-refractivity contribution in [1.29, 1.82) is 0 Å². The van der Waals surface area contributed by atoms with Gasteiger partial charge in [-0.15, -0.1) is 0 Å². The zero-order valence-corrected chi connectivity index (χ0v) is 26.0. The summed E-state index contributed by atoms with van der Waals surface area (Å²) in [5.41, 5.74) is 2.76. The van der Waals surface area contributed by atoms with Crippen LogP contribution in [0.15, 0.2) is 0 Å². The molecule has 1 aliphatic rings. The summed E-state index contributed by atoms with van der Waals surface area (Å²) in [6.45, 7) is 20.7. The highest BCUT2D eigenvalue weighted by atomic mass is 28.5. The van der Waals surface area contributed by atoms with Crippen LogP contribution in [0.2, 0.25) is 17.0 Å². The van der Waals surface area contributed by atoms with E-state index in [1.54, 1.807) is 0 Å².